The molecule has 0 fully saturated rings. The van der Waals surface area contributed by atoms with E-state index in [9.17, 15) is 4.39 Å². The second-order valence-electron chi connectivity index (χ2n) is 4.01. The van der Waals surface area contributed by atoms with Crippen LogP contribution >= 0.6 is 15.9 Å². The lowest BCUT2D eigenvalue weighted by Crippen LogP contribution is -2.24. The van der Waals surface area contributed by atoms with Crippen LogP contribution in [0.4, 0.5) is 10.1 Å². The number of hydrogen-bond donors (Lipinski definition) is 1. The predicted octanol–water partition coefficient (Wildman–Crippen LogP) is 3.53. The summed E-state index contributed by atoms with van der Waals surface area (Å²) in [5.74, 6) is 0.420. The number of para-hydroxylation sites is 1. The maximum Gasteiger partial charge on any atom is 0.158 e. The maximum absolute atomic E-state index is 12.8. The molecule has 0 amide bonds. The summed E-state index contributed by atoms with van der Waals surface area (Å²) in [6.07, 6.45) is 0.991. The van der Waals surface area contributed by atoms with Gasteiger partial charge in [0.1, 0.15) is 5.82 Å². The van der Waals surface area contributed by atoms with Gasteiger partial charge in [0, 0.05) is 0 Å². The summed E-state index contributed by atoms with van der Waals surface area (Å²) in [6, 6.07) is 8.84. The molecule has 18 heavy (non-hydrogen) atoms. The Labute approximate surface area is 112 Å². The predicted molar refractivity (Wildman–Crippen MR) is 70.2 cm³/mol. The van der Waals surface area contributed by atoms with Crippen LogP contribution < -0.4 is 10.1 Å². The Morgan fingerprint density at radius 3 is 3.00 bits per heavy atom. The Bertz CT molecular complexity index is 574. The van der Waals surface area contributed by atoms with Gasteiger partial charge in [-0.15, -0.1) is 0 Å². The molecule has 5 heteroatoms. The Kier molecular flexibility index (Phi) is 2.91. The van der Waals surface area contributed by atoms with Gasteiger partial charge in [-0.1, -0.05) is 6.07 Å². The standard InChI is InChI=1S/C13H10BrFN2O/c14-9-2-1-3-11-13(9)18-12(7-17-11)10-5-4-8(15)6-16-10/h1-6,12,17H,7H2. The zero-order valence-electron chi connectivity index (χ0n) is 9.36. The van der Waals surface area contributed by atoms with Gasteiger partial charge in [0.05, 0.1) is 28.6 Å². The summed E-state index contributed by atoms with van der Waals surface area (Å²) in [5.41, 5.74) is 1.66. The van der Waals surface area contributed by atoms with E-state index in [1.165, 1.54) is 12.3 Å². The number of aromatic nitrogens is 1. The van der Waals surface area contributed by atoms with Crippen LogP contribution in [0.25, 0.3) is 0 Å². The molecule has 1 aromatic heterocycles. The van der Waals surface area contributed by atoms with Crippen LogP contribution in [0.1, 0.15) is 11.8 Å². The number of nitrogens with one attached hydrogen (secondary N) is 1. The molecule has 1 aliphatic heterocycles. The third kappa shape index (κ3) is 2.06. The number of anilines is 1. The van der Waals surface area contributed by atoms with Crippen LogP contribution in [0.3, 0.4) is 0 Å². The molecule has 2 aromatic rings. The van der Waals surface area contributed by atoms with Crippen molar-refractivity contribution in [2.75, 3.05) is 11.9 Å². The number of hydrogen-bond acceptors (Lipinski definition) is 3. The lowest BCUT2D eigenvalue weighted by atomic mass is 10.1. The Hall–Kier alpha value is -1.62. The van der Waals surface area contributed by atoms with Gasteiger partial charge in [-0.2, -0.15) is 0 Å². The number of halogens is 2. The van der Waals surface area contributed by atoms with Crippen LogP contribution in [-0.4, -0.2) is 11.5 Å². The number of nitrogens with zero attached hydrogens (tertiary/aromatic N) is 1. The fourth-order valence-corrected chi connectivity index (χ4v) is 2.36. The third-order valence-electron chi connectivity index (χ3n) is 2.79. The first-order chi connectivity index (χ1) is 8.74. The first kappa shape index (κ1) is 11.5. The van der Waals surface area contributed by atoms with E-state index in [1.807, 2.05) is 18.2 Å². The molecule has 3 nitrogen and oxygen atoms in total. The van der Waals surface area contributed by atoms with E-state index in [2.05, 4.69) is 26.2 Å². The van der Waals surface area contributed by atoms with Gasteiger partial charge in [-0.05, 0) is 40.2 Å². The summed E-state index contributed by atoms with van der Waals surface area (Å²) < 4.78 is 19.6. The van der Waals surface area contributed by atoms with E-state index in [0.29, 0.717) is 12.2 Å². The first-order valence-electron chi connectivity index (χ1n) is 5.54. The van der Waals surface area contributed by atoms with Crippen molar-refractivity contribution in [2.24, 2.45) is 0 Å². The van der Waals surface area contributed by atoms with Crippen molar-refractivity contribution in [1.29, 1.82) is 0 Å². The third-order valence-corrected chi connectivity index (χ3v) is 3.41. The molecule has 1 N–H and O–H groups in total. The van der Waals surface area contributed by atoms with E-state index in [0.717, 1.165) is 15.9 Å². The molecular weight excluding hydrogens is 299 g/mol. The van der Waals surface area contributed by atoms with Crippen LogP contribution in [0.2, 0.25) is 0 Å². The van der Waals surface area contributed by atoms with Gasteiger partial charge >= 0.3 is 0 Å². The molecule has 0 bridgehead atoms. The molecular formula is C13H10BrFN2O. The first-order valence-corrected chi connectivity index (χ1v) is 6.34. The molecule has 0 spiro atoms. The van der Waals surface area contributed by atoms with Gasteiger partial charge in [-0.3, -0.25) is 4.98 Å². The largest absolute Gasteiger partial charge is 0.479 e. The molecule has 1 aliphatic rings. The summed E-state index contributed by atoms with van der Waals surface area (Å²) in [5, 5.41) is 3.28. The summed E-state index contributed by atoms with van der Waals surface area (Å²) in [4.78, 5) is 4.05. The highest BCUT2D eigenvalue weighted by molar-refractivity contribution is 9.10. The van der Waals surface area contributed by atoms with Gasteiger partial charge in [0.15, 0.2) is 11.9 Å². The van der Waals surface area contributed by atoms with Crippen molar-refractivity contribution >= 4 is 21.6 Å². The minimum absolute atomic E-state index is 0.211. The highest BCUT2D eigenvalue weighted by Crippen LogP contribution is 2.39. The maximum atomic E-state index is 12.8. The number of pyridine rings is 1. The highest BCUT2D eigenvalue weighted by atomic mass is 79.9. The van der Waals surface area contributed by atoms with Crippen LogP contribution in [0.5, 0.6) is 5.75 Å². The van der Waals surface area contributed by atoms with Crippen molar-refractivity contribution in [3.8, 4) is 5.75 Å². The zero-order chi connectivity index (χ0) is 12.5. The van der Waals surface area contributed by atoms with Crippen molar-refractivity contribution in [2.45, 2.75) is 6.10 Å². The second kappa shape index (κ2) is 4.57. The molecule has 0 saturated heterocycles. The molecule has 92 valence electrons. The van der Waals surface area contributed by atoms with E-state index < -0.39 is 0 Å². The quantitative estimate of drug-likeness (QED) is 0.875. The summed E-state index contributed by atoms with van der Waals surface area (Å²) in [6.45, 7) is 0.613. The van der Waals surface area contributed by atoms with Gasteiger partial charge in [0.2, 0.25) is 0 Å². The molecule has 2 heterocycles. The van der Waals surface area contributed by atoms with Crippen molar-refractivity contribution in [1.82, 2.24) is 4.98 Å². The Balaban J connectivity index is 1.90. The Morgan fingerprint density at radius 2 is 2.22 bits per heavy atom. The zero-order valence-corrected chi connectivity index (χ0v) is 10.9. The number of fused-ring (bicyclic) bond motifs is 1. The number of ether oxygens (including phenoxy) is 1. The highest BCUT2D eigenvalue weighted by Gasteiger charge is 2.23. The SMILES string of the molecule is Fc1ccc(C2CNc3cccc(Br)c3O2)nc1. The van der Waals surface area contributed by atoms with Gasteiger partial charge < -0.3 is 10.1 Å². The molecule has 1 atom stereocenters. The van der Waals surface area contributed by atoms with Crippen molar-refractivity contribution in [3.05, 3.63) is 52.5 Å². The fraction of sp³-hybridized carbons (Fsp3) is 0.154. The van der Waals surface area contributed by atoms with Gasteiger partial charge in [-0.25, -0.2) is 4.39 Å². The fourth-order valence-electron chi connectivity index (χ4n) is 1.90. The van der Waals surface area contributed by atoms with Crippen LogP contribution in [-0.2, 0) is 0 Å². The molecule has 0 saturated carbocycles. The van der Waals surface area contributed by atoms with E-state index in [1.54, 1.807) is 6.07 Å². The van der Waals surface area contributed by atoms with Gasteiger partial charge in [0.25, 0.3) is 0 Å². The molecule has 3 rings (SSSR count). The molecule has 0 radical (unpaired) electrons. The Morgan fingerprint density at radius 1 is 1.33 bits per heavy atom. The lowest BCUT2D eigenvalue weighted by Gasteiger charge is -2.27. The smallest absolute Gasteiger partial charge is 0.158 e. The van der Waals surface area contributed by atoms with Crippen molar-refractivity contribution < 1.29 is 9.13 Å². The molecule has 1 unspecified atom stereocenters. The minimum Gasteiger partial charge on any atom is -0.479 e. The topological polar surface area (TPSA) is 34.1 Å². The van der Waals surface area contributed by atoms with E-state index >= 15 is 0 Å². The van der Waals surface area contributed by atoms with E-state index in [4.69, 9.17) is 4.74 Å². The molecule has 1 aromatic carbocycles. The normalized spacial score (nSPS) is 17.6. The average Bonchev–Trinajstić information content (AvgIpc) is 2.40. The second-order valence-corrected chi connectivity index (χ2v) is 4.86. The number of benzene rings is 1. The monoisotopic (exact) mass is 308 g/mol. The average molecular weight is 309 g/mol. The lowest BCUT2D eigenvalue weighted by molar-refractivity contribution is 0.204. The summed E-state index contributed by atoms with van der Waals surface area (Å²) in [7, 11) is 0. The van der Waals surface area contributed by atoms with E-state index in [-0.39, 0.29) is 11.9 Å². The number of rotatable bonds is 1. The summed E-state index contributed by atoms with van der Waals surface area (Å²) >= 11 is 3.45. The minimum atomic E-state index is -0.343. The molecule has 0 aliphatic carbocycles. The van der Waals surface area contributed by atoms with Crippen LogP contribution in [0, 0.1) is 5.82 Å². The van der Waals surface area contributed by atoms with Crippen molar-refractivity contribution in [3.63, 3.8) is 0 Å². The van der Waals surface area contributed by atoms with Crippen LogP contribution in [0.15, 0.2) is 41.0 Å².